The summed E-state index contributed by atoms with van der Waals surface area (Å²) < 4.78 is 10.2. The molecule has 0 saturated carbocycles. The van der Waals surface area contributed by atoms with Gasteiger partial charge in [-0.15, -0.1) is 0 Å². The van der Waals surface area contributed by atoms with Gasteiger partial charge in [0.25, 0.3) is 5.56 Å². The maximum absolute atomic E-state index is 12.7. The first kappa shape index (κ1) is 18.4. The molecule has 2 aromatic carbocycles. The van der Waals surface area contributed by atoms with Crippen molar-refractivity contribution in [3.05, 3.63) is 70.6 Å². The Morgan fingerprint density at radius 3 is 2.72 bits per heavy atom. The summed E-state index contributed by atoms with van der Waals surface area (Å²) in [7, 11) is 1.70. The van der Waals surface area contributed by atoms with Crippen LogP contribution in [-0.2, 0) is 17.0 Å². The summed E-state index contributed by atoms with van der Waals surface area (Å²) in [4.78, 5) is 22.9. The fraction of sp³-hybridized carbons (Fsp3) is 0.190. The molecule has 0 atom stereocenters. The van der Waals surface area contributed by atoms with Crippen molar-refractivity contribution in [2.45, 2.75) is 17.5 Å². The van der Waals surface area contributed by atoms with Gasteiger partial charge in [0.2, 0.25) is 0 Å². The van der Waals surface area contributed by atoms with Crippen LogP contribution in [0.1, 0.15) is 5.69 Å². The molecule has 0 aliphatic rings. The summed E-state index contributed by atoms with van der Waals surface area (Å²) in [6.45, 7) is 1.34. The van der Waals surface area contributed by atoms with Crippen LogP contribution in [0.3, 0.4) is 0 Å². The Morgan fingerprint density at radius 2 is 1.86 bits per heavy atom. The van der Waals surface area contributed by atoms with Crippen LogP contribution in [0.2, 0.25) is 0 Å². The summed E-state index contributed by atoms with van der Waals surface area (Å²) in [5.74, 6) is 0.580. The molecule has 29 heavy (non-hydrogen) atoms. The van der Waals surface area contributed by atoms with E-state index in [-0.39, 0.29) is 5.56 Å². The highest BCUT2D eigenvalue weighted by atomic mass is 32.2. The van der Waals surface area contributed by atoms with Crippen molar-refractivity contribution in [2.24, 2.45) is 0 Å². The Morgan fingerprint density at radius 1 is 1.07 bits per heavy atom. The van der Waals surface area contributed by atoms with E-state index < -0.39 is 0 Å². The van der Waals surface area contributed by atoms with Gasteiger partial charge in [-0.3, -0.25) is 9.20 Å². The smallest absolute Gasteiger partial charge is 0.259 e. The largest absolute Gasteiger partial charge is 0.383 e. The lowest BCUT2D eigenvalue weighted by Gasteiger charge is -2.08. The minimum absolute atomic E-state index is 0.0454. The Bertz CT molecular complexity index is 1390. The van der Waals surface area contributed by atoms with Crippen molar-refractivity contribution in [1.82, 2.24) is 18.9 Å². The molecule has 146 valence electrons. The van der Waals surface area contributed by atoms with Gasteiger partial charge < -0.3 is 9.30 Å². The molecule has 0 spiro atoms. The number of rotatable bonds is 6. The van der Waals surface area contributed by atoms with E-state index in [1.165, 1.54) is 11.3 Å². The average molecular weight is 423 g/mol. The first-order chi connectivity index (χ1) is 14.2. The predicted molar refractivity (Wildman–Crippen MR) is 118 cm³/mol. The zero-order chi connectivity index (χ0) is 19.8. The second-order valence-electron chi connectivity index (χ2n) is 6.59. The molecule has 0 saturated heterocycles. The summed E-state index contributed by atoms with van der Waals surface area (Å²) in [6, 6.07) is 17.6. The van der Waals surface area contributed by atoms with Crippen molar-refractivity contribution in [2.75, 3.05) is 13.7 Å². The topological polar surface area (TPSA) is 61.4 Å². The molecule has 8 heteroatoms. The highest BCUT2D eigenvalue weighted by Crippen LogP contribution is 2.28. The van der Waals surface area contributed by atoms with Crippen molar-refractivity contribution in [1.29, 1.82) is 0 Å². The Hall–Kier alpha value is -2.68. The molecule has 0 amide bonds. The van der Waals surface area contributed by atoms with Crippen LogP contribution in [0.25, 0.3) is 26.2 Å². The molecule has 3 aromatic heterocycles. The lowest BCUT2D eigenvalue weighted by atomic mass is 10.3. The highest BCUT2D eigenvalue weighted by molar-refractivity contribution is 7.98. The van der Waals surface area contributed by atoms with Gasteiger partial charge in [0, 0.05) is 25.5 Å². The molecular weight excluding hydrogens is 404 g/mol. The van der Waals surface area contributed by atoms with Gasteiger partial charge in [-0.2, -0.15) is 0 Å². The van der Waals surface area contributed by atoms with Crippen LogP contribution in [0, 0.1) is 0 Å². The number of thioether (sulfide) groups is 1. The number of thiazole rings is 1. The fourth-order valence-corrected chi connectivity index (χ4v) is 5.38. The van der Waals surface area contributed by atoms with Crippen LogP contribution < -0.4 is 5.56 Å². The molecule has 3 heterocycles. The predicted octanol–water partition coefficient (Wildman–Crippen LogP) is 4.20. The quantitative estimate of drug-likeness (QED) is 0.384. The van der Waals surface area contributed by atoms with E-state index >= 15 is 0 Å². The minimum Gasteiger partial charge on any atom is -0.383 e. The van der Waals surface area contributed by atoms with E-state index in [4.69, 9.17) is 14.7 Å². The van der Waals surface area contributed by atoms with Crippen LogP contribution >= 0.6 is 23.1 Å². The van der Waals surface area contributed by atoms with Crippen molar-refractivity contribution in [3.63, 3.8) is 0 Å². The number of para-hydroxylation sites is 3. The second kappa shape index (κ2) is 7.62. The maximum atomic E-state index is 12.7. The number of imidazole rings is 1. The van der Waals surface area contributed by atoms with Crippen molar-refractivity contribution in [3.8, 4) is 0 Å². The van der Waals surface area contributed by atoms with Gasteiger partial charge in [-0.05, 0) is 24.3 Å². The maximum Gasteiger partial charge on any atom is 0.259 e. The zero-order valence-corrected chi connectivity index (χ0v) is 17.4. The van der Waals surface area contributed by atoms with Gasteiger partial charge in [-0.25, -0.2) is 9.97 Å². The Labute approximate surface area is 174 Å². The number of nitrogens with zero attached hydrogens (tertiary/aromatic N) is 4. The molecule has 0 aliphatic carbocycles. The first-order valence-corrected chi connectivity index (χ1v) is 11.0. The summed E-state index contributed by atoms with van der Waals surface area (Å²) in [6.07, 6.45) is 0. The summed E-state index contributed by atoms with van der Waals surface area (Å²) in [5.41, 5.74) is 3.66. The standard InChI is InChI=1S/C21H18N4O2S2/c1-27-11-10-24-16-7-3-2-6-15(16)23-20(24)28-13-14-12-19(26)25-17-8-4-5-9-18(17)29-21(25)22-14/h2-9,12H,10-11,13H2,1H3. The Kier molecular flexibility index (Phi) is 4.83. The average Bonchev–Trinajstić information content (AvgIpc) is 3.28. The van der Waals surface area contributed by atoms with E-state index in [2.05, 4.69) is 10.6 Å². The number of methoxy groups -OCH3 is 1. The number of benzene rings is 2. The van der Waals surface area contributed by atoms with Gasteiger partial charge in [0.05, 0.1) is 33.6 Å². The van der Waals surface area contributed by atoms with Crippen molar-refractivity contribution >= 4 is 49.3 Å². The molecule has 0 bridgehead atoms. The fourth-order valence-electron chi connectivity index (χ4n) is 3.40. The van der Waals surface area contributed by atoms with Crippen LogP contribution in [0.15, 0.2) is 64.5 Å². The minimum atomic E-state index is -0.0454. The lowest BCUT2D eigenvalue weighted by molar-refractivity contribution is 0.186. The summed E-state index contributed by atoms with van der Waals surface area (Å²) in [5, 5.41) is 0.904. The third-order valence-corrected chi connectivity index (χ3v) is 6.77. The van der Waals surface area contributed by atoms with Crippen molar-refractivity contribution < 1.29 is 4.74 Å². The third kappa shape index (κ3) is 3.33. The van der Waals surface area contributed by atoms with E-state index in [0.717, 1.165) is 43.6 Å². The van der Waals surface area contributed by atoms with Crippen LogP contribution in [0.5, 0.6) is 0 Å². The summed E-state index contributed by atoms with van der Waals surface area (Å²) >= 11 is 3.13. The third-order valence-electron chi connectivity index (χ3n) is 4.74. The Balaban J connectivity index is 1.49. The van der Waals surface area contributed by atoms with Gasteiger partial charge >= 0.3 is 0 Å². The molecule has 0 fully saturated rings. The first-order valence-electron chi connectivity index (χ1n) is 9.22. The molecule has 0 radical (unpaired) electrons. The van der Waals surface area contributed by atoms with Gasteiger partial charge in [-0.1, -0.05) is 47.4 Å². The van der Waals surface area contributed by atoms with E-state index in [9.17, 15) is 4.79 Å². The van der Waals surface area contributed by atoms with E-state index in [1.807, 2.05) is 42.5 Å². The molecule has 5 rings (SSSR count). The van der Waals surface area contributed by atoms with Gasteiger partial charge in [0.15, 0.2) is 10.1 Å². The molecular formula is C21H18N4O2S2. The van der Waals surface area contributed by atoms with Crippen LogP contribution in [0.4, 0.5) is 0 Å². The number of hydrogen-bond donors (Lipinski definition) is 0. The second-order valence-corrected chi connectivity index (χ2v) is 8.54. The number of aromatic nitrogens is 4. The number of hydrogen-bond acceptors (Lipinski definition) is 6. The monoisotopic (exact) mass is 422 g/mol. The molecule has 0 unspecified atom stereocenters. The highest BCUT2D eigenvalue weighted by Gasteiger charge is 2.13. The molecule has 6 nitrogen and oxygen atoms in total. The lowest BCUT2D eigenvalue weighted by Crippen LogP contribution is -2.13. The van der Waals surface area contributed by atoms with Gasteiger partial charge in [0.1, 0.15) is 0 Å². The molecule has 5 aromatic rings. The van der Waals surface area contributed by atoms with E-state index in [1.54, 1.807) is 29.3 Å². The zero-order valence-electron chi connectivity index (χ0n) is 15.7. The number of fused-ring (bicyclic) bond motifs is 4. The van der Waals surface area contributed by atoms with Crippen LogP contribution in [-0.4, -0.2) is 32.7 Å². The normalized spacial score (nSPS) is 11.8. The molecule has 0 aliphatic heterocycles. The number of ether oxygens (including phenoxy) is 1. The molecule has 0 N–H and O–H groups in total. The SMILES string of the molecule is COCCn1c(SCc2cc(=O)n3c(n2)sc2ccccc23)nc2ccccc21. The van der Waals surface area contributed by atoms with E-state index in [0.29, 0.717) is 12.4 Å².